The third-order valence-corrected chi connectivity index (χ3v) is 4.12. The fraction of sp³-hybridized carbons (Fsp3) is 0.111. The van der Waals surface area contributed by atoms with Crippen LogP contribution < -0.4 is 10.9 Å². The number of rotatable bonds is 3. The molecule has 0 bridgehead atoms. The van der Waals surface area contributed by atoms with Crippen LogP contribution in [-0.2, 0) is 4.79 Å². The van der Waals surface area contributed by atoms with Crippen molar-refractivity contribution in [3.05, 3.63) is 65.2 Å². The number of hydrogen-bond acceptors (Lipinski definition) is 4. The second kappa shape index (κ2) is 5.86. The first-order chi connectivity index (χ1) is 12.1. The minimum Gasteiger partial charge on any atom is -0.324 e. The van der Waals surface area contributed by atoms with Crippen LogP contribution in [0.3, 0.4) is 0 Å². The number of nitrogens with zero attached hydrogens (tertiary/aromatic N) is 3. The average molecular weight is 333 g/mol. The highest BCUT2D eigenvalue weighted by molar-refractivity contribution is 5.93. The van der Waals surface area contributed by atoms with E-state index in [4.69, 9.17) is 0 Å². The highest BCUT2D eigenvalue weighted by Crippen LogP contribution is 2.15. The summed E-state index contributed by atoms with van der Waals surface area (Å²) in [6.45, 7) is 1.65. The van der Waals surface area contributed by atoms with Gasteiger partial charge in [-0.1, -0.05) is 24.3 Å². The molecule has 4 aromatic rings. The molecule has 0 saturated carbocycles. The first kappa shape index (κ1) is 15.1. The van der Waals surface area contributed by atoms with Crippen LogP contribution in [0.2, 0.25) is 0 Å². The third-order valence-electron chi connectivity index (χ3n) is 4.12. The van der Waals surface area contributed by atoms with Gasteiger partial charge < -0.3 is 4.98 Å². The van der Waals surface area contributed by atoms with E-state index in [0.717, 1.165) is 11.0 Å². The molecule has 1 atom stereocenters. The molecule has 0 fully saturated rings. The van der Waals surface area contributed by atoms with E-state index in [1.165, 1.54) is 10.9 Å². The standard InChI is InChI=1S/C18H15N5O2/c1-11(23-10-19-13-7-3-2-6-12(13)17(23)25)16(24)22-18-20-14-8-4-5-9-15(14)21-18/h2-11H,1H3,(H2,20,21,22,24)/t11-/m1/s1. The lowest BCUT2D eigenvalue weighted by Crippen LogP contribution is -2.32. The highest BCUT2D eigenvalue weighted by atomic mass is 16.2. The summed E-state index contributed by atoms with van der Waals surface area (Å²) in [7, 11) is 0. The fourth-order valence-electron chi connectivity index (χ4n) is 2.72. The van der Waals surface area contributed by atoms with Crippen LogP contribution in [0.5, 0.6) is 0 Å². The van der Waals surface area contributed by atoms with Crippen LogP contribution in [0.4, 0.5) is 5.95 Å². The molecule has 0 radical (unpaired) electrons. The van der Waals surface area contributed by atoms with Gasteiger partial charge in [0.25, 0.3) is 5.56 Å². The van der Waals surface area contributed by atoms with Gasteiger partial charge in [-0.15, -0.1) is 0 Å². The molecule has 124 valence electrons. The molecule has 25 heavy (non-hydrogen) atoms. The van der Waals surface area contributed by atoms with Crippen LogP contribution in [0.15, 0.2) is 59.7 Å². The number of aromatic amines is 1. The quantitative estimate of drug-likeness (QED) is 0.602. The molecule has 0 spiro atoms. The number of aromatic nitrogens is 4. The molecule has 2 aromatic carbocycles. The van der Waals surface area contributed by atoms with Crippen LogP contribution in [0.25, 0.3) is 21.9 Å². The van der Waals surface area contributed by atoms with Gasteiger partial charge in [0.2, 0.25) is 11.9 Å². The zero-order valence-electron chi connectivity index (χ0n) is 13.4. The van der Waals surface area contributed by atoms with Gasteiger partial charge in [0.15, 0.2) is 0 Å². The third kappa shape index (κ3) is 2.65. The Labute approximate surface area is 142 Å². The summed E-state index contributed by atoms with van der Waals surface area (Å²) in [5.74, 6) is -0.00177. The van der Waals surface area contributed by atoms with Gasteiger partial charge in [-0.2, -0.15) is 0 Å². The Morgan fingerprint density at radius 2 is 1.84 bits per heavy atom. The monoisotopic (exact) mass is 333 g/mol. The van der Waals surface area contributed by atoms with Crippen molar-refractivity contribution >= 4 is 33.8 Å². The summed E-state index contributed by atoms with van der Waals surface area (Å²) in [5.41, 5.74) is 1.94. The van der Waals surface area contributed by atoms with Gasteiger partial charge in [0.05, 0.1) is 28.3 Å². The van der Waals surface area contributed by atoms with Crippen LogP contribution >= 0.6 is 0 Å². The zero-order chi connectivity index (χ0) is 17.4. The van der Waals surface area contributed by atoms with E-state index in [1.54, 1.807) is 25.1 Å². The lowest BCUT2D eigenvalue weighted by atomic mass is 10.2. The normalized spacial score (nSPS) is 12.4. The Hall–Kier alpha value is -3.48. The number of nitrogens with one attached hydrogen (secondary N) is 2. The second-order valence-electron chi connectivity index (χ2n) is 5.74. The molecule has 4 rings (SSSR count). The van der Waals surface area contributed by atoms with E-state index in [2.05, 4.69) is 20.3 Å². The van der Waals surface area contributed by atoms with E-state index in [1.807, 2.05) is 30.3 Å². The maximum atomic E-state index is 12.6. The van der Waals surface area contributed by atoms with Gasteiger partial charge >= 0.3 is 0 Å². The Balaban J connectivity index is 1.64. The van der Waals surface area contributed by atoms with Gasteiger partial charge in [0, 0.05) is 0 Å². The largest absolute Gasteiger partial charge is 0.324 e. The van der Waals surface area contributed by atoms with Crippen molar-refractivity contribution in [3.8, 4) is 0 Å². The van der Waals surface area contributed by atoms with E-state index >= 15 is 0 Å². The number of fused-ring (bicyclic) bond motifs is 2. The Morgan fingerprint density at radius 1 is 1.12 bits per heavy atom. The summed E-state index contributed by atoms with van der Waals surface area (Å²) in [6.07, 6.45) is 1.40. The lowest BCUT2D eigenvalue weighted by molar-refractivity contribution is -0.118. The van der Waals surface area contributed by atoms with Crippen molar-refractivity contribution in [1.82, 2.24) is 19.5 Å². The van der Waals surface area contributed by atoms with Gasteiger partial charge in [-0.3, -0.25) is 19.5 Å². The topological polar surface area (TPSA) is 92.7 Å². The molecular formula is C18H15N5O2. The molecule has 0 aliphatic rings. The predicted octanol–water partition coefficient (Wildman–Crippen LogP) is 2.47. The van der Waals surface area contributed by atoms with Crippen LogP contribution in [0.1, 0.15) is 13.0 Å². The number of amides is 1. The summed E-state index contributed by atoms with van der Waals surface area (Å²) in [5, 5.41) is 3.19. The number of benzene rings is 2. The molecule has 2 N–H and O–H groups in total. The Bertz CT molecular complexity index is 1110. The number of imidazole rings is 1. The number of para-hydroxylation sites is 3. The van der Waals surface area contributed by atoms with Crippen molar-refractivity contribution in [2.45, 2.75) is 13.0 Å². The average Bonchev–Trinajstić information content (AvgIpc) is 3.04. The molecule has 0 unspecified atom stereocenters. The van der Waals surface area contributed by atoms with Gasteiger partial charge in [-0.05, 0) is 31.2 Å². The SMILES string of the molecule is C[C@H](C(=O)Nc1nc2ccccc2[nH]1)n1cnc2ccccc2c1=O. The highest BCUT2D eigenvalue weighted by Gasteiger charge is 2.19. The number of carbonyl (C=O) groups is 1. The maximum Gasteiger partial charge on any atom is 0.261 e. The molecule has 1 amide bonds. The molecule has 0 aliphatic carbocycles. The first-order valence-corrected chi connectivity index (χ1v) is 7.85. The van der Waals surface area contributed by atoms with E-state index in [-0.39, 0.29) is 11.5 Å². The number of carbonyl (C=O) groups excluding carboxylic acids is 1. The summed E-state index contributed by atoms with van der Waals surface area (Å²) < 4.78 is 1.32. The summed E-state index contributed by atoms with van der Waals surface area (Å²) >= 11 is 0. The molecular weight excluding hydrogens is 318 g/mol. The molecule has 7 heteroatoms. The molecule has 0 saturated heterocycles. The van der Waals surface area contributed by atoms with Crippen molar-refractivity contribution in [2.75, 3.05) is 5.32 Å². The fourth-order valence-corrected chi connectivity index (χ4v) is 2.72. The molecule has 7 nitrogen and oxygen atoms in total. The van der Waals surface area contributed by atoms with Crippen LogP contribution in [0, 0.1) is 0 Å². The van der Waals surface area contributed by atoms with Gasteiger partial charge in [0.1, 0.15) is 6.04 Å². The zero-order valence-corrected chi connectivity index (χ0v) is 13.4. The van der Waals surface area contributed by atoms with Crippen molar-refractivity contribution in [3.63, 3.8) is 0 Å². The van der Waals surface area contributed by atoms with Crippen LogP contribution in [-0.4, -0.2) is 25.4 Å². The molecule has 0 aliphatic heterocycles. The van der Waals surface area contributed by atoms with Crippen molar-refractivity contribution in [1.29, 1.82) is 0 Å². The van der Waals surface area contributed by atoms with E-state index < -0.39 is 6.04 Å². The van der Waals surface area contributed by atoms with Crippen molar-refractivity contribution in [2.24, 2.45) is 0 Å². The first-order valence-electron chi connectivity index (χ1n) is 7.85. The Kier molecular flexibility index (Phi) is 3.53. The predicted molar refractivity (Wildman–Crippen MR) is 95.4 cm³/mol. The minimum atomic E-state index is -0.724. The lowest BCUT2D eigenvalue weighted by Gasteiger charge is -2.14. The number of anilines is 1. The Morgan fingerprint density at radius 3 is 2.64 bits per heavy atom. The second-order valence-corrected chi connectivity index (χ2v) is 5.74. The van der Waals surface area contributed by atoms with Crippen molar-refractivity contribution < 1.29 is 4.79 Å². The number of H-pyrrole nitrogens is 1. The smallest absolute Gasteiger partial charge is 0.261 e. The maximum absolute atomic E-state index is 12.6. The minimum absolute atomic E-state index is 0.252. The number of hydrogen-bond donors (Lipinski definition) is 2. The van der Waals surface area contributed by atoms with E-state index in [9.17, 15) is 9.59 Å². The van der Waals surface area contributed by atoms with Gasteiger partial charge in [-0.25, -0.2) is 9.97 Å². The molecule has 2 aromatic heterocycles. The summed E-state index contributed by atoms with van der Waals surface area (Å²) in [4.78, 5) is 36.7. The molecule has 2 heterocycles. The van der Waals surface area contributed by atoms with E-state index in [0.29, 0.717) is 16.9 Å². The summed E-state index contributed by atoms with van der Waals surface area (Å²) in [6, 6.07) is 13.8.